The highest BCUT2D eigenvalue weighted by Gasteiger charge is 2.28. The number of sulfone groups is 1. The summed E-state index contributed by atoms with van der Waals surface area (Å²) in [5.41, 5.74) is 1.20. The van der Waals surface area contributed by atoms with Gasteiger partial charge in [-0.05, 0) is 26.0 Å². The summed E-state index contributed by atoms with van der Waals surface area (Å²) in [5, 5.41) is -0.0774. The van der Waals surface area contributed by atoms with Crippen LogP contribution in [0.1, 0.15) is 13.8 Å². The molecule has 1 fully saturated rings. The van der Waals surface area contributed by atoms with Crippen molar-refractivity contribution in [3.05, 3.63) is 24.3 Å². The Morgan fingerprint density at radius 2 is 1.88 bits per heavy atom. The maximum Gasteiger partial charge on any atom is 0.242 e. The molecule has 2 aromatic rings. The minimum absolute atomic E-state index is 0.0355. The van der Waals surface area contributed by atoms with Gasteiger partial charge in [0.15, 0.2) is 0 Å². The molecule has 1 aliphatic rings. The van der Waals surface area contributed by atoms with Gasteiger partial charge in [-0.3, -0.25) is 4.79 Å². The van der Waals surface area contributed by atoms with Gasteiger partial charge in [-0.2, -0.15) is 0 Å². The molecular formula is C16H21N3O4S. The minimum Gasteiger partial charge on any atom is -0.372 e. The van der Waals surface area contributed by atoms with Crippen molar-refractivity contribution in [1.82, 2.24) is 14.5 Å². The maximum atomic E-state index is 12.7. The quantitative estimate of drug-likeness (QED) is 0.826. The Balaban J connectivity index is 1.96. The molecule has 0 bridgehead atoms. The van der Waals surface area contributed by atoms with E-state index in [2.05, 4.69) is 4.98 Å². The topological polar surface area (TPSA) is 81.5 Å². The van der Waals surface area contributed by atoms with Crippen LogP contribution < -0.4 is 0 Å². The van der Waals surface area contributed by atoms with Crippen LogP contribution in [-0.2, 0) is 25.9 Å². The number of rotatable bonds is 3. The molecule has 7 nitrogen and oxygen atoms in total. The Bertz CT molecular complexity index is 865. The molecule has 1 aromatic carbocycles. The van der Waals surface area contributed by atoms with E-state index in [0.717, 1.165) is 6.26 Å². The van der Waals surface area contributed by atoms with Crippen molar-refractivity contribution in [2.45, 2.75) is 37.8 Å². The molecule has 2 heterocycles. The fraction of sp³-hybridized carbons (Fsp3) is 0.500. The number of nitrogens with zero attached hydrogens (tertiary/aromatic N) is 3. The molecule has 0 aliphatic carbocycles. The van der Waals surface area contributed by atoms with Gasteiger partial charge in [-0.25, -0.2) is 13.4 Å². The number of ether oxygens (including phenoxy) is 1. The number of para-hydroxylation sites is 2. The summed E-state index contributed by atoms with van der Waals surface area (Å²) >= 11 is 0. The van der Waals surface area contributed by atoms with Gasteiger partial charge < -0.3 is 14.2 Å². The van der Waals surface area contributed by atoms with Crippen LogP contribution in [-0.4, -0.2) is 60.3 Å². The molecule has 1 aromatic heterocycles. The van der Waals surface area contributed by atoms with E-state index in [1.165, 1.54) is 4.57 Å². The number of aromatic nitrogens is 2. The first-order valence-corrected chi connectivity index (χ1v) is 9.73. The average molecular weight is 351 g/mol. The second-order valence-electron chi connectivity index (χ2n) is 6.30. The maximum absolute atomic E-state index is 12.7. The number of fused-ring (bicyclic) bond motifs is 1. The van der Waals surface area contributed by atoms with Crippen molar-refractivity contribution in [3.8, 4) is 0 Å². The first kappa shape index (κ1) is 16.9. The number of hydrogen-bond donors (Lipinski definition) is 0. The predicted molar refractivity (Wildman–Crippen MR) is 89.4 cm³/mol. The lowest BCUT2D eigenvalue weighted by molar-refractivity contribution is -0.143. The van der Waals surface area contributed by atoms with E-state index in [0.29, 0.717) is 24.1 Å². The summed E-state index contributed by atoms with van der Waals surface area (Å²) in [4.78, 5) is 18.6. The average Bonchev–Trinajstić information content (AvgIpc) is 2.85. The van der Waals surface area contributed by atoms with Crippen LogP contribution in [0.25, 0.3) is 11.0 Å². The number of imidazole rings is 1. The lowest BCUT2D eigenvalue weighted by Gasteiger charge is -2.35. The van der Waals surface area contributed by atoms with Crippen molar-refractivity contribution >= 4 is 26.8 Å². The number of amides is 1. The summed E-state index contributed by atoms with van der Waals surface area (Å²) in [6.45, 7) is 4.80. The number of morpholine rings is 1. The molecular weight excluding hydrogens is 330 g/mol. The summed E-state index contributed by atoms with van der Waals surface area (Å²) in [5.74, 6) is -0.134. The molecule has 0 spiro atoms. The molecule has 0 radical (unpaired) electrons. The van der Waals surface area contributed by atoms with Gasteiger partial charge in [-0.1, -0.05) is 12.1 Å². The number of benzene rings is 1. The van der Waals surface area contributed by atoms with Crippen molar-refractivity contribution in [1.29, 1.82) is 0 Å². The summed E-state index contributed by atoms with van der Waals surface area (Å²) in [7, 11) is -3.54. The van der Waals surface area contributed by atoms with E-state index in [-0.39, 0.29) is 29.8 Å². The zero-order valence-corrected chi connectivity index (χ0v) is 14.8. The summed E-state index contributed by atoms with van der Waals surface area (Å²) in [6, 6.07) is 7.10. The highest BCUT2D eigenvalue weighted by Crippen LogP contribution is 2.20. The predicted octanol–water partition coefficient (Wildman–Crippen LogP) is 1.08. The molecule has 3 rings (SSSR count). The normalized spacial score (nSPS) is 22.0. The molecule has 1 saturated heterocycles. The number of hydrogen-bond acceptors (Lipinski definition) is 5. The third-order valence-electron chi connectivity index (χ3n) is 4.02. The van der Waals surface area contributed by atoms with E-state index in [4.69, 9.17) is 4.74 Å². The molecule has 1 aliphatic heterocycles. The smallest absolute Gasteiger partial charge is 0.242 e. The fourth-order valence-electron chi connectivity index (χ4n) is 3.11. The van der Waals surface area contributed by atoms with Crippen LogP contribution >= 0.6 is 0 Å². The standard InChI is InChI=1S/C16H21N3O4S/c1-11-8-18(9-12(2)23-11)15(20)10-19-14-7-5-4-6-13(14)17-16(19)24(3,21)22/h4-7,11-12H,8-10H2,1-3H3/t11-,12-/m1/s1. The van der Waals surface area contributed by atoms with Crippen molar-refractivity contribution in [2.24, 2.45) is 0 Å². The zero-order valence-electron chi connectivity index (χ0n) is 14.0. The van der Waals surface area contributed by atoms with Crippen LogP contribution in [0.4, 0.5) is 0 Å². The number of carbonyl (C=O) groups excluding carboxylic acids is 1. The SMILES string of the molecule is C[C@@H]1CN(C(=O)Cn2c(S(C)(=O)=O)nc3ccccc32)C[C@@H](C)O1. The first-order valence-electron chi connectivity index (χ1n) is 7.84. The number of carbonyl (C=O) groups is 1. The molecule has 8 heteroatoms. The monoisotopic (exact) mass is 351 g/mol. The van der Waals surface area contributed by atoms with Crippen LogP contribution in [0.15, 0.2) is 29.4 Å². The second-order valence-corrected chi connectivity index (χ2v) is 8.21. The second kappa shape index (κ2) is 6.18. The largest absolute Gasteiger partial charge is 0.372 e. The third kappa shape index (κ3) is 3.29. The van der Waals surface area contributed by atoms with E-state index < -0.39 is 9.84 Å². The van der Waals surface area contributed by atoms with Crippen LogP contribution in [0.3, 0.4) is 0 Å². The van der Waals surface area contributed by atoms with Crippen molar-refractivity contribution < 1.29 is 17.9 Å². The van der Waals surface area contributed by atoms with Crippen molar-refractivity contribution in [3.63, 3.8) is 0 Å². The van der Waals surface area contributed by atoms with Gasteiger partial charge in [0.1, 0.15) is 6.54 Å². The molecule has 130 valence electrons. The Hall–Kier alpha value is -1.93. The van der Waals surface area contributed by atoms with Crippen LogP contribution in [0.5, 0.6) is 0 Å². The molecule has 24 heavy (non-hydrogen) atoms. The van der Waals surface area contributed by atoms with E-state index in [1.54, 1.807) is 29.2 Å². The molecule has 0 unspecified atom stereocenters. The van der Waals surface area contributed by atoms with E-state index in [9.17, 15) is 13.2 Å². The van der Waals surface area contributed by atoms with Gasteiger partial charge in [0.2, 0.25) is 20.9 Å². The van der Waals surface area contributed by atoms with Gasteiger partial charge in [0.05, 0.1) is 23.2 Å². The highest BCUT2D eigenvalue weighted by molar-refractivity contribution is 7.90. The fourth-order valence-corrected chi connectivity index (χ4v) is 3.93. The minimum atomic E-state index is -3.54. The van der Waals surface area contributed by atoms with E-state index >= 15 is 0 Å². The van der Waals surface area contributed by atoms with Gasteiger partial charge >= 0.3 is 0 Å². The Kier molecular flexibility index (Phi) is 4.35. The zero-order chi connectivity index (χ0) is 17.5. The van der Waals surface area contributed by atoms with Crippen LogP contribution in [0, 0.1) is 0 Å². The van der Waals surface area contributed by atoms with Gasteiger partial charge in [-0.15, -0.1) is 0 Å². The third-order valence-corrected chi connectivity index (χ3v) is 4.99. The summed E-state index contributed by atoms with van der Waals surface area (Å²) < 4.78 is 31.2. The molecule has 2 atom stereocenters. The molecule has 1 amide bonds. The summed E-state index contributed by atoms with van der Waals surface area (Å²) in [6.07, 6.45) is 1.03. The lowest BCUT2D eigenvalue weighted by atomic mass is 10.2. The Morgan fingerprint density at radius 1 is 1.25 bits per heavy atom. The molecule has 0 N–H and O–H groups in total. The highest BCUT2D eigenvalue weighted by atomic mass is 32.2. The van der Waals surface area contributed by atoms with E-state index in [1.807, 2.05) is 13.8 Å². The van der Waals surface area contributed by atoms with Crippen LogP contribution in [0.2, 0.25) is 0 Å². The first-order chi connectivity index (χ1) is 11.3. The van der Waals surface area contributed by atoms with Gasteiger partial charge in [0, 0.05) is 19.3 Å². The van der Waals surface area contributed by atoms with Crippen molar-refractivity contribution in [2.75, 3.05) is 19.3 Å². The lowest BCUT2D eigenvalue weighted by Crippen LogP contribution is -2.49. The Morgan fingerprint density at radius 3 is 2.50 bits per heavy atom. The molecule has 0 saturated carbocycles. The Labute approximate surface area is 141 Å². The van der Waals surface area contributed by atoms with Gasteiger partial charge in [0.25, 0.3) is 0 Å².